The molecule has 17 heavy (non-hydrogen) atoms. The minimum Gasteiger partial charge on any atom is -0.363 e. The smallest absolute Gasteiger partial charge is 0.214 e. The second-order valence-electron chi connectivity index (χ2n) is 3.76. The normalized spacial score (nSPS) is 12.2. The molecule has 0 spiro atoms. The predicted molar refractivity (Wildman–Crippen MR) is 62.6 cm³/mol. The van der Waals surface area contributed by atoms with Gasteiger partial charge in [0.15, 0.2) is 0 Å². The Labute approximate surface area is 98.3 Å². The summed E-state index contributed by atoms with van der Waals surface area (Å²) in [6, 6.07) is 10.7. The molecule has 1 unspecified atom stereocenters. The van der Waals surface area contributed by atoms with Gasteiger partial charge in [0.1, 0.15) is 11.6 Å². The second-order valence-corrected chi connectivity index (χ2v) is 3.76. The number of anilines is 1. The first-order valence-corrected chi connectivity index (χ1v) is 5.30. The number of rotatable bonds is 3. The van der Waals surface area contributed by atoms with Crippen LogP contribution in [0.15, 0.2) is 42.5 Å². The molecule has 2 aromatic rings. The standard InChI is InChI=1S/C13H12F2N2/c1-9(10-5-7-11(14)8-6-10)16-13-4-2-3-12(15)17-13/h2-9H,1H3,(H,16,17). The van der Waals surface area contributed by atoms with Crippen molar-refractivity contribution in [2.45, 2.75) is 13.0 Å². The lowest BCUT2D eigenvalue weighted by atomic mass is 10.1. The zero-order valence-electron chi connectivity index (χ0n) is 9.32. The molecule has 1 N–H and O–H groups in total. The molecule has 0 radical (unpaired) electrons. The number of nitrogens with zero attached hydrogens (tertiary/aromatic N) is 1. The summed E-state index contributed by atoms with van der Waals surface area (Å²) in [6.07, 6.45) is 0. The monoisotopic (exact) mass is 234 g/mol. The molecule has 2 nitrogen and oxygen atoms in total. The van der Waals surface area contributed by atoms with Crippen LogP contribution in [0.4, 0.5) is 14.6 Å². The maximum Gasteiger partial charge on any atom is 0.214 e. The molecule has 4 heteroatoms. The van der Waals surface area contributed by atoms with Crippen LogP contribution >= 0.6 is 0 Å². The lowest BCUT2D eigenvalue weighted by Gasteiger charge is -2.14. The van der Waals surface area contributed by atoms with E-state index >= 15 is 0 Å². The van der Waals surface area contributed by atoms with Crippen molar-refractivity contribution in [3.63, 3.8) is 0 Å². The maximum absolute atomic E-state index is 12.9. The van der Waals surface area contributed by atoms with Gasteiger partial charge in [0, 0.05) is 6.04 Å². The van der Waals surface area contributed by atoms with Crippen LogP contribution in [-0.4, -0.2) is 4.98 Å². The third-order valence-corrected chi connectivity index (χ3v) is 2.45. The molecule has 1 heterocycles. The first-order chi connectivity index (χ1) is 8.15. The van der Waals surface area contributed by atoms with E-state index in [1.807, 2.05) is 6.92 Å². The van der Waals surface area contributed by atoms with E-state index in [9.17, 15) is 8.78 Å². The fraction of sp³-hybridized carbons (Fsp3) is 0.154. The highest BCUT2D eigenvalue weighted by atomic mass is 19.1. The first kappa shape index (κ1) is 11.5. The number of nitrogens with one attached hydrogen (secondary N) is 1. The van der Waals surface area contributed by atoms with Crippen molar-refractivity contribution in [2.24, 2.45) is 0 Å². The van der Waals surface area contributed by atoms with Gasteiger partial charge in [-0.3, -0.25) is 0 Å². The zero-order valence-corrected chi connectivity index (χ0v) is 9.32. The number of benzene rings is 1. The molecule has 0 aliphatic heterocycles. The minimum absolute atomic E-state index is 0.0649. The Morgan fingerprint density at radius 3 is 2.41 bits per heavy atom. The molecular formula is C13H12F2N2. The van der Waals surface area contributed by atoms with Crippen molar-refractivity contribution in [3.05, 3.63) is 59.8 Å². The summed E-state index contributed by atoms with van der Waals surface area (Å²) in [7, 11) is 0. The van der Waals surface area contributed by atoms with E-state index in [-0.39, 0.29) is 11.9 Å². The third kappa shape index (κ3) is 3.00. The molecule has 0 aliphatic carbocycles. The molecule has 0 fully saturated rings. The van der Waals surface area contributed by atoms with E-state index in [0.717, 1.165) is 5.56 Å². The molecule has 0 saturated heterocycles. The van der Waals surface area contributed by atoms with E-state index in [0.29, 0.717) is 5.82 Å². The topological polar surface area (TPSA) is 24.9 Å². The minimum atomic E-state index is -0.527. The summed E-state index contributed by atoms with van der Waals surface area (Å²) >= 11 is 0. The van der Waals surface area contributed by atoms with Crippen LogP contribution in [0.25, 0.3) is 0 Å². The zero-order chi connectivity index (χ0) is 12.3. The Morgan fingerprint density at radius 2 is 1.76 bits per heavy atom. The highest BCUT2D eigenvalue weighted by Crippen LogP contribution is 2.18. The lowest BCUT2D eigenvalue weighted by Crippen LogP contribution is -2.08. The molecule has 1 aromatic heterocycles. The Balaban J connectivity index is 2.11. The van der Waals surface area contributed by atoms with Gasteiger partial charge in [0.25, 0.3) is 0 Å². The Bertz CT molecular complexity index is 497. The van der Waals surface area contributed by atoms with Crippen molar-refractivity contribution in [2.75, 3.05) is 5.32 Å². The van der Waals surface area contributed by atoms with Crippen LogP contribution in [0.5, 0.6) is 0 Å². The van der Waals surface area contributed by atoms with Gasteiger partial charge >= 0.3 is 0 Å². The van der Waals surface area contributed by atoms with Crippen LogP contribution < -0.4 is 5.32 Å². The van der Waals surface area contributed by atoms with Crippen LogP contribution in [-0.2, 0) is 0 Å². The summed E-state index contributed by atoms with van der Waals surface area (Å²) in [4.78, 5) is 3.70. The quantitative estimate of drug-likeness (QED) is 0.822. The molecule has 0 bridgehead atoms. The van der Waals surface area contributed by atoms with Crippen molar-refractivity contribution in [3.8, 4) is 0 Å². The van der Waals surface area contributed by atoms with Crippen molar-refractivity contribution in [1.29, 1.82) is 0 Å². The molecule has 0 aliphatic rings. The summed E-state index contributed by atoms with van der Waals surface area (Å²) in [5.74, 6) is -0.340. The number of hydrogen-bond acceptors (Lipinski definition) is 2. The molecule has 0 amide bonds. The predicted octanol–water partition coefficient (Wildman–Crippen LogP) is 3.53. The summed E-state index contributed by atoms with van der Waals surface area (Å²) in [5, 5.41) is 3.04. The Morgan fingerprint density at radius 1 is 1.06 bits per heavy atom. The molecule has 88 valence electrons. The summed E-state index contributed by atoms with van der Waals surface area (Å²) < 4.78 is 25.6. The maximum atomic E-state index is 12.9. The molecule has 2 rings (SSSR count). The Kier molecular flexibility index (Phi) is 3.32. The molecule has 0 saturated carbocycles. The Hall–Kier alpha value is -1.97. The van der Waals surface area contributed by atoms with Gasteiger partial charge in [-0.05, 0) is 36.8 Å². The van der Waals surface area contributed by atoms with Crippen LogP contribution in [0.1, 0.15) is 18.5 Å². The van der Waals surface area contributed by atoms with Crippen molar-refractivity contribution in [1.82, 2.24) is 4.98 Å². The average Bonchev–Trinajstić information content (AvgIpc) is 2.29. The van der Waals surface area contributed by atoms with Gasteiger partial charge in [-0.15, -0.1) is 0 Å². The second kappa shape index (κ2) is 4.91. The largest absolute Gasteiger partial charge is 0.363 e. The summed E-state index contributed by atoms with van der Waals surface area (Å²) in [5.41, 5.74) is 0.914. The van der Waals surface area contributed by atoms with E-state index in [1.165, 1.54) is 18.2 Å². The van der Waals surface area contributed by atoms with Crippen LogP contribution in [0.3, 0.4) is 0 Å². The number of hydrogen-bond donors (Lipinski definition) is 1. The van der Waals surface area contributed by atoms with Gasteiger partial charge in [0.05, 0.1) is 0 Å². The molecule has 1 aromatic carbocycles. The third-order valence-electron chi connectivity index (χ3n) is 2.45. The van der Waals surface area contributed by atoms with E-state index < -0.39 is 5.95 Å². The van der Waals surface area contributed by atoms with Gasteiger partial charge in [-0.1, -0.05) is 18.2 Å². The average molecular weight is 234 g/mol. The van der Waals surface area contributed by atoms with Crippen molar-refractivity contribution < 1.29 is 8.78 Å². The van der Waals surface area contributed by atoms with Gasteiger partial charge in [-0.2, -0.15) is 4.39 Å². The lowest BCUT2D eigenvalue weighted by molar-refractivity contribution is 0.584. The van der Waals surface area contributed by atoms with Gasteiger partial charge < -0.3 is 5.32 Å². The first-order valence-electron chi connectivity index (χ1n) is 5.30. The SMILES string of the molecule is CC(Nc1cccc(F)n1)c1ccc(F)cc1. The molecular weight excluding hydrogens is 222 g/mol. The van der Waals surface area contributed by atoms with Crippen LogP contribution in [0, 0.1) is 11.8 Å². The van der Waals surface area contributed by atoms with E-state index in [4.69, 9.17) is 0 Å². The van der Waals surface area contributed by atoms with Crippen molar-refractivity contribution >= 4 is 5.82 Å². The highest BCUT2D eigenvalue weighted by molar-refractivity contribution is 5.37. The van der Waals surface area contributed by atoms with Crippen LogP contribution in [0.2, 0.25) is 0 Å². The summed E-state index contributed by atoms with van der Waals surface area (Å²) in [6.45, 7) is 1.90. The number of aromatic nitrogens is 1. The van der Waals surface area contributed by atoms with Gasteiger partial charge in [-0.25, -0.2) is 9.37 Å². The number of pyridine rings is 1. The fourth-order valence-electron chi connectivity index (χ4n) is 1.55. The molecule has 1 atom stereocenters. The van der Waals surface area contributed by atoms with E-state index in [2.05, 4.69) is 10.3 Å². The van der Waals surface area contributed by atoms with Gasteiger partial charge in [0.2, 0.25) is 5.95 Å². The highest BCUT2D eigenvalue weighted by Gasteiger charge is 2.06. The number of halogens is 2. The fourth-order valence-corrected chi connectivity index (χ4v) is 1.55. The van der Waals surface area contributed by atoms with E-state index in [1.54, 1.807) is 24.3 Å².